The first-order valence-electron chi connectivity index (χ1n) is 13.1. The van der Waals surface area contributed by atoms with Crippen LogP contribution in [0, 0.1) is 0 Å². The summed E-state index contributed by atoms with van der Waals surface area (Å²) in [6.07, 6.45) is -6.95. The Bertz CT molecular complexity index is 1540. The number of carbonyl (C=O) groups is 3. The number of ether oxygens (including phenoxy) is 2. The SMILES string of the molecule is Nc1ccc(CCC=C(C(=O)O)c2cccc(OC(=O)c3ccccc3NC(=O)OCCCC(F)(F)C(F)(F)F)c2)c(N)c1. The van der Waals surface area contributed by atoms with Crippen LogP contribution >= 0.6 is 0 Å². The number of benzene rings is 3. The number of esters is 1. The Kier molecular flexibility index (Phi) is 10.9. The maximum Gasteiger partial charge on any atom is 0.453 e. The number of rotatable bonds is 12. The highest BCUT2D eigenvalue weighted by Gasteiger charge is 2.56. The van der Waals surface area contributed by atoms with Crippen molar-refractivity contribution in [3.63, 3.8) is 0 Å². The molecule has 0 saturated heterocycles. The number of alkyl halides is 5. The van der Waals surface area contributed by atoms with Gasteiger partial charge in [-0.1, -0.05) is 36.4 Å². The van der Waals surface area contributed by atoms with Gasteiger partial charge in [-0.25, -0.2) is 14.4 Å². The molecule has 234 valence electrons. The average Bonchev–Trinajstić information content (AvgIpc) is 2.94. The van der Waals surface area contributed by atoms with E-state index < -0.39 is 49.6 Å². The third-order valence-corrected chi connectivity index (χ3v) is 6.18. The van der Waals surface area contributed by atoms with Crippen LogP contribution in [0.4, 0.5) is 43.8 Å². The maximum atomic E-state index is 13.0. The molecule has 0 unspecified atom stereocenters. The fraction of sp³-hybridized carbons (Fsp3) is 0.233. The second-order valence-corrected chi connectivity index (χ2v) is 9.45. The van der Waals surface area contributed by atoms with Gasteiger partial charge in [-0.15, -0.1) is 0 Å². The number of amides is 1. The van der Waals surface area contributed by atoms with Gasteiger partial charge in [0.2, 0.25) is 0 Å². The number of aliphatic carboxylic acids is 1. The summed E-state index contributed by atoms with van der Waals surface area (Å²) < 4.78 is 72.8. The van der Waals surface area contributed by atoms with Crippen LogP contribution in [-0.2, 0) is 16.0 Å². The first-order chi connectivity index (χ1) is 20.7. The van der Waals surface area contributed by atoms with Gasteiger partial charge in [0.1, 0.15) is 5.75 Å². The highest BCUT2D eigenvalue weighted by Crippen LogP contribution is 2.38. The van der Waals surface area contributed by atoms with E-state index in [2.05, 4.69) is 10.1 Å². The van der Waals surface area contributed by atoms with Crippen LogP contribution in [0.15, 0.2) is 72.8 Å². The molecule has 9 nitrogen and oxygen atoms in total. The highest BCUT2D eigenvalue weighted by atomic mass is 19.4. The molecular formula is C30H28F5N3O6. The van der Waals surface area contributed by atoms with E-state index >= 15 is 0 Å². The second kappa shape index (κ2) is 14.4. The smallest absolute Gasteiger partial charge is 0.453 e. The minimum Gasteiger partial charge on any atom is -0.478 e. The molecule has 0 bridgehead atoms. The van der Waals surface area contributed by atoms with E-state index in [1.165, 1.54) is 54.6 Å². The normalized spacial score (nSPS) is 12.0. The molecule has 0 spiro atoms. The lowest BCUT2D eigenvalue weighted by atomic mass is 10.0. The van der Waals surface area contributed by atoms with Crippen LogP contribution in [0.3, 0.4) is 0 Å². The maximum absolute atomic E-state index is 13.0. The first kappa shape index (κ1) is 33.4. The number of nitrogens with two attached hydrogens (primary N) is 2. The summed E-state index contributed by atoms with van der Waals surface area (Å²) in [7, 11) is 0. The first-order valence-corrected chi connectivity index (χ1v) is 13.1. The quantitative estimate of drug-likeness (QED) is 0.0435. The summed E-state index contributed by atoms with van der Waals surface area (Å²) in [5, 5.41) is 12.0. The summed E-state index contributed by atoms with van der Waals surface area (Å²) in [6, 6.07) is 16.3. The Morgan fingerprint density at radius 3 is 2.34 bits per heavy atom. The number of aryl methyl sites for hydroxylation is 1. The Morgan fingerprint density at radius 2 is 1.66 bits per heavy atom. The van der Waals surface area contributed by atoms with E-state index in [0.29, 0.717) is 24.2 Å². The van der Waals surface area contributed by atoms with Gasteiger partial charge in [0.05, 0.1) is 23.4 Å². The molecule has 44 heavy (non-hydrogen) atoms. The third kappa shape index (κ3) is 9.18. The van der Waals surface area contributed by atoms with Crippen molar-refractivity contribution in [3.05, 3.63) is 89.5 Å². The fourth-order valence-corrected chi connectivity index (χ4v) is 3.95. The minimum absolute atomic E-state index is 0.00889. The number of nitrogen functional groups attached to an aromatic ring is 2. The predicted octanol–water partition coefficient (Wildman–Crippen LogP) is 6.70. The number of halogens is 5. The summed E-state index contributed by atoms with van der Waals surface area (Å²) in [5.74, 6) is -7.09. The molecule has 14 heteroatoms. The summed E-state index contributed by atoms with van der Waals surface area (Å²) in [4.78, 5) is 37.0. The van der Waals surface area contributed by atoms with Gasteiger partial charge in [-0.05, 0) is 66.8 Å². The molecule has 0 atom stereocenters. The van der Waals surface area contributed by atoms with Crippen molar-refractivity contribution < 1.29 is 50.9 Å². The van der Waals surface area contributed by atoms with Crippen molar-refractivity contribution in [1.29, 1.82) is 0 Å². The van der Waals surface area contributed by atoms with Crippen LogP contribution in [0.1, 0.15) is 40.7 Å². The number of para-hydroxylation sites is 1. The van der Waals surface area contributed by atoms with Crippen LogP contribution in [0.2, 0.25) is 0 Å². The molecule has 0 heterocycles. The van der Waals surface area contributed by atoms with E-state index in [9.17, 15) is 41.4 Å². The Labute approximate surface area is 248 Å². The highest BCUT2D eigenvalue weighted by molar-refractivity contribution is 6.15. The van der Waals surface area contributed by atoms with E-state index in [1.54, 1.807) is 18.2 Å². The topological polar surface area (TPSA) is 154 Å². The summed E-state index contributed by atoms with van der Waals surface area (Å²) in [6.45, 7) is -0.732. The number of nitrogens with one attached hydrogen (secondary N) is 1. The van der Waals surface area contributed by atoms with E-state index in [4.69, 9.17) is 16.2 Å². The number of anilines is 3. The zero-order chi connectivity index (χ0) is 32.5. The molecule has 3 aromatic rings. The lowest BCUT2D eigenvalue weighted by molar-refractivity contribution is -0.284. The van der Waals surface area contributed by atoms with Gasteiger partial charge in [-0.3, -0.25) is 5.32 Å². The van der Waals surface area contributed by atoms with Crippen molar-refractivity contribution in [2.45, 2.75) is 37.8 Å². The molecular weight excluding hydrogens is 593 g/mol. The molecule has 3 rings (SSSR count). The monoisotopic (exact) mass is 621 g/mol. The van der Waals surface area contributed by atoms with Crippen molar-refractivity contribution in [3.8, 4) is 5.75 Å². The van der Waals surface area contributed by atoms with E-state index in [0.717, 1.165) is 5.56 Å². The molecule has 0 aliphatic carbocycles. The van der Waals surface area contributed by atoms with Gasteiger partial charge in [0.15, 0.2) is 0 Å². The van der Waals surface area contributed by atoms with Gasteiger partial charge >= 0.3 is 30.1 Å². The second-order valence-electron chi connectivity index (χ2n) is 9.45. The molecule has 3 aromatic carbocycles. The number of allylic oxidation sites excluding steroid dienone is 1. The Morgan fingerprint density at radius 1 is 0.932 bits per heavy atom. The average molecular weight is 622 g/mol. The molecule has 6 N–H and O–H groups in total. The molecule has 0 aliphatic rings. The number of hydrogen-bond donors (Lipinski definition) is 4. The summed E-state index contributed by atoms with van der Waals surface area (Å²) >= 11 is 0. The third-order valence-electron chi connectivity index (χ3n) is 6.18. The standard InChI is InChI=1S/C30H28F5N3O6/c31-29(32,30(33,34)35)14-5-15-43-28(42)38-25-11-2-1-9-23(25)27(41)44-21-8-3-7-19(16-21)22(26(39)40)10-4-6-18-12-13-20(36)17-24(18)37/h1-3,7-13,16-17H,4-6,14-15,36-37H2,(H,38,42)(H,39,40). The molecule has 0 radical (unpaired) electrons. The van der Waals surface area contributed by atoms with Crippen LogP contribution in [0.25, 0.3) is 5.57 Å². The molecule has 1 amide bonds. The number of carbonyl (C=O) groups excluding carboxylic acids is 2. The van der Waals surface area contributed by atoms with Gasteiger partial charge in [-0.2, -0.15) is 22.0 Å². The Hall–Kier alpha value is -5.14. The number of hydrogen-bond acceptors (Lipinski definition) is 7. The Balaban J connectivity index is 1.65. The van der Waals surface area contributed by atoms with Crippen molar-refractivity contribution in [2.75, 3.05) is 23.4 Å². The minimum atomic E-state index is -5.72. The lowest BCUT2D eigenvalue weighted by Gasteiger charge is -2.19. The molecule has 0 fully saturated rings. The molecule has 0 aromatic heterocycles. The zero-order valence-electron chi connectivity index (χ0n) is 23.0. The van der Waals surface area contributed by atoms with Crippen LogP contribution in [0.5, 0.6) is 5.75 Å². The fourth-order valence-electron chi connectivity index (χ4n) is 3.95. The molecule has 0 saturated carbocycles. The number of carboxylic acid groups (broad SMARTS) is 1. The predicted molar refractivity (Wildman–Crippen MR) is 152 cm³/mol. The van der Waals surface area contributed by atoms with E-state index in [-0.39, 0.29) is 28.1 Å². The summed E-state index contributed by atoms with van der Waals surface area (Å²) in [5.41, 5.74) is 13.4. The lowest BCUT2D eigenvalue weighted by Crippen LogP contribution is -2.36. The van der Waals surface area contributed by atoms with Crippen LogP contribution in [-0.4, -0.2) is 41.8 Å². The van der Waals surface area contributed by atoms with Crippen molar-refractivity contribution >= 4 is 40.7 Å². The zero-order valence-corrected chi connectivity index (χ0v) is 23.0. The van der Waals surface area contributed by atoms with E-state index in [1.807, 2.05) is 0 Å². The van der Waals surface area contributed by atoms with Crippen molar-refractivity contribution in [2.24, 2.45) is 0 Å². The van der Waals surface area contributed by atoms with Gasteiger partial charge in [0.25, 0.3) is 0 Å². The molecule has 0 aliphatic heterocycles. The van der Waals surface area contributed by atoms with Crippen molar-refractivity contribution in [1.82, 2.24) is 0 Å². The van der Waals surface area contributed by atoms with Gasteiger partial charge in [0, 0.05) is 17.8 Å². The van der Waals surface area contributed by atoms with Crippen LogP contribution < -0.4 is 21.5 Å². The number of carboxylic acids is 1. The largest absolute Gasteiger partial charge is 0.478 e. The van der Waals surface area contributed by atoms with Gasteiger partial charge < -0.3 is 26.0 Å².